The molecule has 3 aromatic rings. The number of nitrogens with zero attached hydrogens (tertiary/aromatic N) is 1. The van der Waals surface area contributed by atoms with Crippen LogP contribution in [0.4, 0.5) is 0 Å². The van der Waals surface area contributed by atoms with E-state index in [2.05, 4.69) is 5.32 Å². The predicted octanol–water partition coefficient (Wildman–Crippen LogP) is 4.93. The third-order valence-electron chi connectivity index (χ3n) is 5.31. The normalized spacial score (nSPS) is 12.0. The van der Waals surface area contributed by atoms with Crippen LogP contribution in [0.15, 0.2) is 84.9 Å². The van der Waals surface area contributed by atoms with Crippen molar-refractivity contribution in [1.29, 1.82) is 0 Å². The molecule has 0 saturated carbocycles. The van der Waals surface area contributed by atoms with Gasteiger partial charge in [-0.3, -0.25) is 9.59 Å². The van der Waals surface area contributed by atoms with Crippen molar-refractivity contribution in [3.05, 3.63) is 102 Å². The summed E-state index contributed by atoms with van der Waals surface area (Å²) in [5.41, 5.74) is 2.63. The van der Waals surface area contributed by atoms with Crippen molar-refractivity contribution in [2.45, 2.75) is 52.2 Å². The molecule has 0 bridgehead atoms. The molecule has 5 nitrogen and oxygen atoms in total. The second-order valence-electron chi connectivity index (χ2n) is 9.56. The number of rotatable bonds is 9. The minimum absolute atomic E-state index is 0.149. The minimum atomic E-state index is -0.686. The van der Waals surface area contributed by atoms with Gasteiger partial charge in [-0.1, -0.05) is 78.4 Å². The largest absolute Gasteiger partial charge is 0.484 e. The van der Waals surface area contributed by atoms with Gasteiger partial charge in [0.2, 0.25) is 5.91 Å². The topological polar surface area (TPSA) is 58.6 Å². The highest BCUT2D eigenvalue weighted by atomic mass is 16.5. The van der Waals surface area contributed by atoms with Gasteiger partial charge in [0.1, 0.15) is 11.8 Å². The first-order valence-corrected chi connectivity index (χ1v) is 11.6. The monoisotopic (exact) mass is 458 g/mol. The molecule has 0 aliphatic heterocycles. The number of carbonyl (C=O) groups is 2. The number of nitrogens with one attached hydrogen (secondary N) is 1. The number of ether oxygens (including phenoxy) is 1. The van der Waals surface area contributed by atoms with Crippen LogP contribution in [-0.2, 0) is 22.6 Å². The molecule has 3 rings (SSSR count). The highest BCUT2D eigenvalue weighted by Gasteiger charge is 2.32. The quantitative estimate of drug-likeness (QED) is 0.495. The zero-order chi connectivity index (χ0) is 24.6. The van der Waals surface area contributed by atoms with E-state index in [1.54, 1.807) is 4.90 Å². The highest BCUT2D eigenvalue weighted by Crippen LogP contribution is 2.17. The smallest absolute Gasteiger partial charge is 0.261 e. The van der Waals surface area contributed by atoms with Crippen LogP contribution in [0, 0.1) is 6.92 Å². The van der Waals surface area contributed by atoms with E-state index in [0.717, 1.165) is 16.7 Å². The van der Waals surface area contributed by atoms with Crippen molar-refractivity contribution >= 4 is 11.8 Å². The molecule has 3 aromatic carbocycles. The van der Waals surface area contributed by atoms with Crippen molar-refractivity contribution < 1.29 is 14.3 Å². The molecule has 0 aliphatic carbocycles. The lowest BCUT2D eigenvalue weighted by molar-refractivity contribution is -0.143. The molecule has 0 heterocycles. The maximum Gasteiger partial charge on any atom is 0.261 e. The molecular formula is C29H34N2O3. The zero-order valence-corrected chi connectivity index (χ0v) is 20.5. The highest BCUT2D eigenvalue weighted by molar-refractivity contribution is 5.89. The Balaban J connectivity index is 1.92. The van der Waals surface area contributed by atoms with Crippen molar-refractivity contribution in [3.63, 3.8) is 0 Å². The summed E-state index contributed by atoms with van der Waals surface area (Å²) < 4.78 is 5.77. The second kappa shape index (κ2) is 11.5. The summed E-state index contributed by atoms with van der Waals surface area (Å²) in [7, 11) is 0. The average Bonchev–Trinajstić information content (AvgIpc) is 2.80. The fourth-order valence-electron chi connectivity index (χ4n) is 3.76. The summed E-state index contributed by atoms with van der Waals surface area (Å²) in [6.45, 7) is 8.00. The second-order valence-corrected chi connectivity index (χ2v) is 9.56. The first-order valence-electron chi connectivity index (χ1n) is 11.6. The van der Waals surface area contributed by atoms with Crippen molar-refractivity contribution in [2.24, 2.45) is 0 Å². The number of amides is 2. The van der Waals surface area contributed by atoms with Crippen LogP contribution >= 0.6 is 0 Å². The zero-order valence-electron chi connectivity index (χ0n) is 20.5. The fraction of sp³-hybridized carbons (Fsp3) is 0.310. The number of hydrogen-bond acceptors (Lipinski definition) is 3. The van der Waals surface area contributed by atoms with E-state index >= 15 is 0 Å². The Morgan fingerprint density at radius 3 is 2.12 bits per heavy atom. The van der Waals surface area contributed by atoms with Crippen LogP contribution in [0.25, 0.3) is 0 Å². The summed E-state index contributed by atoms with van der Waals surface area (Å²) in [6.07, 6.45) is 0.408. The van der Waals surface area contributed by atoms with Gasteiger partial charge in [0, 0.05) is 18.5 Å². The molecule has 34 heavy (non-hydrogen) atoms. The molecular weight excluding hydrogens is 424 g/mol. The molecule has 0 saturated heterocycles. The fourth-order valence-corrected chi connectivity index (χ4v) is 3.76. The maximum atomic E-state index is 13.5. The van der Waals surface area contributed by atoms with Gasteiger partial charge in [0.15, 0.2) is 6.61 Å². The van der Waals surface area contributed by atoms with Gasteiger partial charge in [-0.25, -0.2) is 0 Å². The number of benzene rings is 3. The standard InChI is InChI=1S/C29H34N2O3/c1-22-12-11-15-24(18-22)20-31(27(32)21-34-25-16-9-6-10-17-25)26(28(33)30-29(2,3)4)19-23-13-7-5-8-14-23/h5-18,26H,19-21H2,1-4H3,(H,30,33)/t26-/m1/s1. The van der Waals surface area contributed by atoms with Crippen LogP contribution in [0.5, 0.6) is 5.75 Å². The molecule has 0 unspecified atom stereocenters. The van der Waals surface area contributed by atoms with E-state index in [9.17, 15) is 9.59 Å². The van der Waals surface area contributed by atoms with Gasteiger partial charge in [-0.2, -0.15) is 0 Å². The van der Waals surface area contributed by atoms with Gasteiger partial charge in [0.05, 0.1) is 0 Å². The lowest BCUT2D eigenvalue weighted by Gasteiger charge is -2.33. The van der Waals surface area contributed by atoms with E-state index in [4.69, 9.17) is 4.74 Å². The SMILES string of the molecule is Cc1cccc(CN(C(=O)COc2ccccc2)[C@H](Cc2ccccc2)C(=O)NC(C)(C)C)c1. The molecule has 178 valence electrons. The summed E-state index contributed by atoms with van der Waals surface area (Å²) in [5, 5.41) is 3.07. The van der Waals surface area contributed by atoms with Gasteiger partial charge in [0.25, 0.3) is 5.91 Å². The molecule has 5 heteroatoms. The van der Waals surface area contributed by atoms with Crippen LogP contribution in [0.1, 0.15) is 37.5 Å². The number of carbonyl (C=O) groups excluding carboxylic acids is 2. The van der Waals surface area contributed by atoms with E-state index in [0.29, 0.717) is 18.7 Å². The molecule has 0 aromatic heterocycles. The van der Waals surface area contributed by atoms with Gasteiger partial charge in [-0.05, 0) is 51.0 Å². The summed E-state index contributed by atoms with van der Waals surface area (Å²) in [4.78, 5) is 28.7. The van der Waals surface area contributed by atoms with Crippen LogP contribution in [-0.4, -0.2) is 34.9 Å². The lowest BCUT2D eigenvalue weighted by Crippen LogP contribution is -2.55. The van der Waals surface area contributed by atoms with E-state index < -0.39 is 11.6 Å². The van der Waals surface area contributed by atoms with E-state index in [1.165, 1.54) is 0 Å². The van der Waals surface area contributed by atoms with Crippen molar-refractivity contribution in [1.82, 2.24) is 10.2 Å². The van der Waals surface area contributed by atoms with Crippen molar-refractivity contribution in [2.75, 3.05) is 6.61 Å². The predicted molar refractivity (Wildman–Crippen MR) is 135 cm³/mol. The Bertz CT molecular complexity index is 1080. The van der Waals surface area contributed by atoms with E-state index in [1.807, 2.05) is 113 Å². The van der Waals surface area contributed by atoms with Gasteiger partial charge < -0.3 is 15.0 Å². The summed E-state index contributed by atoms with van der Waals surface area (Å²) in [6, 6.07) is 26.3. The van der Waals surface area contributed by atoms with Crippen LogP contribution in [0.3, 0.4) is 0 Å². The first kappa shape index (κ1) is 25.0. The Hall–Kier alpha value is -3.60. The molecule has 0 spiro atoms. The third kappa shape index (κ3) is 7.77. The Kier molecular flexibility index (Phi) is 8.47. The van der Waals surface area contributed by atoms with Crippen molar-refractivity contribution in [3.8, 4) is 5.75 Å². The molecule has 1 N–H and O–H groups in total. The maximum absolute atomic E-state index is 13.5. The summed E-state index contributed by atoms with van der Waals surface area (Å²) in [5.74, 6) is 0.192. The molecule has 2 amide bonds. The summed E-state index contributed by atoms with van der Waals surface area (Å²) >= 11 is 0. The van der Waals surface area contributed by atoms with Gasteiger partial charge >= 0.3 is 0 Å². The van der Waals surface area contributed by atoms with Crippen LogP contribution in [0.2, 0.25) is 0 Å². The number of para-hydroxylation sites is 1. The average molecular weight is 459 g/mol. The molecule has 0 fully saturated rings. The van der Waals surface area contributed by atoms with E-state index in [-0.39, 0.29) is 18.4 Å². The molecule has 0 radical (unpaired) electrons. The third-order valence-corrected chi connectivity index (χ3v) is 5.31. The minimum Gasteiger partial charge on any atom is -0.484 e. The van der Waals surface area contributed by atoms with Crippen LogP contribution < -0.4 is 10.1 Å². The number of hydrogen-bond donors (Lipinski definition) is 1. The Morgan fingerprint density at radius 1 is 0.882 bits per heavy atom. The molecule has 1 atom stereocenters. The first-order chi connectivity index (χ1) is 16.2. The molecule has 0 aliphatic rings. The van der Waals surface area contributed by atoms with Gasteiger partial charge in [-0.15, -0.1) is 0 Å². The Labute approximate surface area is 202 Å². The number of aryl methyl sites for hydroxylation is 1. The Morgan fingerprint density at radius 2 is 1.50 bits per heavy atom. The lowest BCUT2D eigenvalue weighted by atomic mass is 10.0.